The van der Waals surface area contributed by atoms with E-state index in [2.05, 4.69) is 23.0 Å². The molecule has 64 heavy (non-hydrogen) atoms. The first-order valence-electron chi connectivity index (χ1n) is 21.2. The molecule has 0 radical (unpaired) electrons. The number of aliphatic hydroxyl groups excluding tert-OH is 8. The fourth-order valence-electron chi connectivity index (χ4n) is 9.57. The molecule has 1 aromatic carbocycles. The highest BCUT2D eigenvalue weighted by Gasteiger charge is 2.50. The smallest absolute Gasteiger partial charge is 0.337 e. The van der Waals surface area contributed by atoms with Crippen molar-refractivity contribution in [2.45, 2.75) is 99.3 Å². The van der Waals surface area contributed by atoms with E-state index >= 15 is 0 Å². The van der Waals surface area contributed by atoms with Gasteiger partial charge in [0.05, 0.1) is 57.1 Å². The molecule has 9 N–H and O–H groups in total. The normalized spacial score (nSPS) is 37.9. The first-order valence-corrected chi connectivity index (χ1v) is 21.2. The molecular weight excluding hydrogens is 844 g/mol. The molecule has 0 amide bonds. The first-order chi connectivity index (χ1) is 30.8. The van der Waals surface area contributed by atoms with Crippen LogP contribution in [0.25, 0.3) is 10.9 Å². The Morgan fingerprint density at radius 3 is 1.78 bits per heavy atom. The summed E-state index contributed by atoms with van der Waals surface area (Å²) in [5, 5.41) is 83.8. The van der Waals surface area contributed by atoms with E-state index in [0.29, 0.717) is 25.9 Å². The quantitative estimate of drug-likeness (QED) is 0.0777. The fraction of sp³-hybridized carbons (Fsp3) is 0.591. The van der Waals surface area contributed by atoms with Crippen LogP contribution < -0.4 is 0 Å². The number of hydrogen-bond donors (Lipinski definition) is 9. The molecule has 0 unspecified atom stereocenters. The number of esters is 2. The van der Waals surface area contributed by atoms with Crippen LogP contribution in [0.2, 0.25) is 0 Å². The lowest BCUT2D eigenvalue weighted by atomic mass is 9.77. The van der Waals surface area contributed by atoms with Gasteiger partial charge in [-0.2, -0.15) is 0 Å². The third kappa shape index (κ3) is 9.12. The summed E-state index contributed by atoms with van der Waals surface area (Å²) in [6.45, 7) is 7.58. The summed E-state index contributed by atoms with van der Waals surface area (Å²) in [5.74, 6) is -4.23. The predicted molar refractivity (Wildman–Crippen MR) is 220 cm³/mol. The molecule has 17 atom stereocenters. The molecule has 20 heteroatoms. The van der Waals surface area contributed by atoms with E-state index in [9.17, 15) is 50.4 Å². The van der Waals surface area contributed by atoms with Gasteiger partial charge >= 0.3 is 11.9 Å². The highest BCUT2D eigenvalue weighted by Crippen LogP contribution is 2.46. The largest absolute Gasteiger partial charge is 0.471 e. The summed E-state index contributed by atoms with van der Waals surface area (Å²) >= 11 is 0. The van der Waals surface area contributed by atoms with Crippen molar-refractivity contribution in [2.24, 2.45) is 23.7 Å². The Morgan fingerprint density at radius 1 is 0.750 bits per heavy atom. The number of aliphatic hydroxyl groups is 8. The molecule has 0 aliphatic carbocycles. The number of nitrogens with one attached hydrogen (secondary N) is 1. The Labute approximate surface area is 368 Å². The number of benzene rings is 1. The summed E-state index contributed by atoms with van der Waals surface area (Å²) in [7, 11) is 2.48. The third-order valence-corrected chi connectivity index (χ3v) is 13.1. The molecule has 1 aromatic heterocycles. The fourth-order valence-corrected chi connectivity index (χ4v) is 9.57. The van der Waals surface area contributed by atoms with Gasteiger partial charge in [0, 0.05) is 46.8 Å². The van der Waals surface area contributed by atoms with Crippen molar-refractivity contribution in [3.8, 4) is 0 Å². The van der Waals surface area contributed by atoms with Gasteiger partial charge < -0.3 is 83.7 Å². The van der Waals surface area contributed by atoms with Crippen molar-refractivity contribution in [1.82, 2.24) is 9.88 Å². The summed E-state index contributed by atoms with van der Waals surface area (Å²) in [6, 6.07) is 7.44. The maximum atomic E-state index is 13.5. The summed E-state index contributed by atoms with van der Waals surface area (Å²) in [6.07, 6.45) is -11.4. The van der Waals surface area contributed by atoms with Gasteiger partial charge in [0.2, 0.25) is 12.6 Å². The Morgan fingerprint density at radius 2 is 1.27 bits per heavy atom. The van der Waals surface area contributed by atoms with Crippen molar-refractivity contribution in [1.29, 1.82) is 0 Å². The van der Waals surface area contributed by atoms with Crippen molar-refractivity contribution in [3.05, 3.63) is 84.5 Å². The van der Waals surface area contributed by atoms with Crippen LogP contribution in [0.5, 0.6) is 0 Å². The van der Waals surface area contributed by atoms with Crippen molar-refractivity contribution >= 4 is 22.8 Å². The number of para-hydroxylation sites is 1. The van der Waals surface area contributed by atoms with E-state index in [0.717, 1.165) is 22.2 Å². The molecule has 7 rings (SSSR count). The molecule has 5 aliphatic rings. The van der Waals surface area contributed by atoms with Gasteiger partial charge in [0.1, 0.15) is 48.8 Å². The van der Waals surface area contributed by atoms with Crippen LogP contribution in [-0.4, -0.2) is 177 Å². The molecule has 0 saturated carbocycles. The molecule has 0 spiro atoms. The molecule has 20 nitrogen and oxygen atoms in total. The van der Waals surface area contributed by atoms with Crippen LogP contribution in [0, 0.1) is 23.7 Å². The Kier molecular flexibility index (Phi) is 15.3. The van der Waals surface area contributed by atoms with Gasteiger partial charge in [-0.25, -0.2) is 9.59 Å². The van der Waals surface area contributed by atoms with E-state index < -0.39 is 129 Å². The van der Waals surface area contributed by atoms with Crippen LogP contribution in [0.15, 0.2) is 73.2 Å². The zero-order chi connectivity index (χ0) is 46.0. The number of carbonyl (C=O) groups is 2. The van der Waals surface area contributed by atoms with Crippen LogP contribution in [0.3, 0.4) is 0 Å². The highest BCUT2D eigenvalue weighted by molar-refractivity contribution is 5.89. The van der Waals surface area contributed by atoms with Crippen molar-refractivity contribution < 1.29 is 88.3 Å². The molecule has 2 aromatic rings. The minimum absolute atomic E-state index is 0.171. The van der Waals surface area contributed by atoms with E-state index in [4.69, 9.17) is 37.9 Å². The van der Waals surface area contributed by atoms with Crippen molar-refractivity contribution in [3.63, 3.8) is 0 Å². The maximum Gasteiger partial charge on any atom is 0.337 e. The SMILES string of the molecule is C=C[C@H]1[C@H](O[C@@H]2O[C@H](CO)[C@@H](O)[C@H](O)[C@H]2O)OC=C(C(=O)OC)[C@H]1CCN1CCc2c([nH]c3ccccc23)[C@@H]1C[C@@H]1C(C(=O)OC)=CO[C@@H](O[C@@H]2O[C@H](CO)[C@@H](O)[C@H](O)[C@H]2O)[C@@H]1C=C. The average Bonchev–Trinajstić information content (AvgIpc) is 3.70. The molecule has 2 fully saturated rings. The summed E-state index contributed by atoms with van der Waals surface area (Å²) < 4.78 is 45.5. The Hall–Kier alpha value is -4.26. The zero-order valence-electron chi connectivity index (χ0n) is 35.4. The zero-order valence-corrected chi connectivity index (χ0v) is 35.4. The lowest BCUT2D eigenvalue weighted by molar-refractivity contribution is -0.339. The standard InChI is InChI=1S/C44H58N2O18/c1-5-20-22(26(39(55)57-3)18-59-41(20)63-43-37(53)35(51)33(49)30(16-47)61-43)11-13-46-14-12-24-23-9-7-8-10-28(23)45-32(24)29(46)15-25-21(6-2)42(60-19-27(25)40(56)58-4)64-44-38(54)36(52)34(50)31(17-48)62-44/h5-10,18-22,25,29-31,33-38,41-45,47-54H,1-2,11-17H2,3-4H3/t20-,21-,22+,25+,29+,30-,31-,33-,34-,35+,36+,37-,38-,41+,42+,43+,44+/m1/s1. The number of aromatic amines is 1. The van der Waals surface area contributed by atoms with Gasteiger partial charge in [-0.3, -0.25) is 4.90 Å². The third-order valence-electron chi connectivity index (χ3n) is 13.1. The Bertz CT molecular complexity index is 2040. The summed E-state index contributed by atoms with van der Waals surface area (Å²) in [4.78, 5) is 32.6. The summed E-state index contributed by atoms with van der Waals surface area (Å²) in [5.41, 5.74) is 3.22. The molecular formula is C44H58N2O18. The van der Waals surface area contributed by atoms with Crippen molar-refractivity contribution in [2.75, 3.05) is 40.5 Å². The number of carbonyl (C=O) groups excluding carboxylic acids is 2. The van der Waals surface area contributed by atoms with Gasteiger partial charge in [0.15, 0.2) is 12.6 Å². The minimum atomic E-state index is -1.73. The molecule has 5 aliphatic heterocycles. The second-order valence-corrected chi connectivity index (χ2v) is 16.5. The number of H-pyrrole nitrogens is 1. The van der Waals surface area contributed by atoms with Gasteiger partial charge in [-0.15, -0.1) is 13.2 Å². The van der Waals surface area contributed by atoms with E-state index in [1.54, 1.807) is 12.2 Å². The maximum absolute atomic E-state index is 13.5. The highest BCUT2D eigenvalue weighted by atomic mass is 16.8. The van der Waals surface area contributed by atoms with Crippen LogP contribution in [0.1, 0.15) is 30.1 Å². The lowest BCUT2D eigenvalue weighted by Gasteiger charge is -2.45. The van der Waals surface area contributed by atoms with E-state index in [1.165, 1.54) is 26.7 Å². The number of fused-ring (bicyclic) bond motifs is 3. The Balaban J connectivity index is 1.19. The lowest BCUT2D eigenvalue weighted by Crippen LogP contribution is -2.60. The monoisotopic (exact) mass is 902 g/mol. The van der Waals surface area contributed by atoms with E-state index in [1.807, 2.05) is 24.3 Å². The number of ether oxygens (including phenoxy) is 8. The number of aromatic nitrogens is 1. The van der Waals surface area contributed by atoms with Gasteiger partial charge in [-0.05, 0) is 37.4 Å². The number of rotatable bonds is 15. The van der Waals surface area contributed by atoms with Crippen LogP contribution in [0.4, 0.5) is 0 Å². The number of hydrogen-bond acceptors (Lipinski definition) is 19. The number of methoxy groups -OCH3 is 2. The van der Waals surface area contributed by atoms with Gasteiger partial charge in [-0.1, -0.05) is 30.4 Å². The molecule has 352 valence electrons. The molecule has 0 bridgehead atoms. The molecule has 2 saturated heterocycles. The molecule has 6 heterocycles. The predicted octanol–water partition coefficient (Wildman–Crippen LogP) is -0.856. The van der Waals surface area contributed by atoms with E-state index in [-0.39, 0.29) is 17.6 Å². The average molecular weight is 903 g/mol. The first kappa shape index (κ1) is 47.7. The number of nitrogens with zero attached hydrogens (tertiary/aromatic N) is 1. The topological polar surface area (TPSA) is 289 Å². The van der Waals surface area contributed by atoms with Gasteiger partial charge in [0.25, 0.3) is 0 Å². The van der Waals surface area contributed by atoms with Crippen LogP contribution in [-0.2, 0) is 53.9 Å². The minimum Gasteiger partial charge on any atom is -0.471 e. The second-order valence-electron chi connectivity index (χ2n) is 16.5. The second kappa shape index (κ2) is 20.5. The van der Waals surface area contributed by atoms with Crippen LogP contribution >= 0.6 is 0 Å².